The van der Waals surface area contributed by atoms with Gasteiger partial charge in [0.25, 0.3) is 0 Å². The van der Waals surface area contributed by atoms with Gasteiger partial charge in [0.05, 0.1) is 12.3 Å². The minimum atomic E-state index is -0.483. The standard InChI is InChI=1S/C13H14F2N2OS/c1-8(6-18-2)16-13-17-12(7-19-13)10-5-9(14)3-4-11(10)15/h3-5,7-8H,6H2,1-2H3,(H,16,17)/t8-/m1/s1. The lowest BCUT2D eigenvalue weighted by Gasteiger charge is -2.10. The van der Waals surface area contributed by atoms with E-state index in [-0.39, 0.29) is 11.6 Å². The fraction of sp³-hybridized carbons (Fsp3) is 0.308. The number of nitrogens with zero attached hydrogens (tertiary/aromatic N) is 1. The molecule has 2 aromatic rings. The van der Waals surface area contributed by atoms with Crippen LogP contribution in [0.4, 0.5) is 13.9 Å². The third kappa shape index (κ3) is 3.48. The second kappa shape index (κ2) is 6.08. The van der Waals surface area contributed by atoms with E-state index in [1.54, 1.807) is 12.5 Å². The molecule has 0 saturated carbocycles. The van der Waals surface area contributed by atoms with Crippen molar-refractivity contribution in [3.63, 3.8) is 0 Å². The van der Waals surface area contributed by atoms with Gasteiger partial charge in [0, 0.05) is 24.1 Å². The van der Waals surface area contributed by atoms with Gasteiger partial charge in [-0.3, -0.25) is 0 Å². The summed E-state index contributed by atoms with van der Waals surface area (Å²) in [4.78, 5) is 4.25. The zero-order valence-electron chi connectivity index (χ0n) is 10.6. The summed E-state index contributed by atoms with van der Waals surface area (Å²) in [6.07, 6.45) is 0. The Morgan fingerprint density at radius 3 is 2.95 bits per heavy atom. The molecule has 1 aromatic heterocycles. The van der Waals surface area contributed by atoms with Crippen LogP contribution in [0.1, 0.15) is 6.92 Å². The molecule has 0 radical (unpaired) electrons. The lowest BCUT2D eigenvalue weighted by atomic mass is 10.1. The summed E-state index contributed by atoms with van der Waals surface area (Å²) in [5.74, 6) is -0.963. The Balaban J connectivity index is 2.18. The molecule has 3 nitrogen and oxygen atoms in total. The highest BCUT2D eigenvalue weighted by Crippen LogP contribution is 2.27. The number of ether oxygens (including phenoxy) is 1. The van der Waals surface area contributed by atoms with Gasteiger partial charge in [-0.25, -0.2) is 13.8 Å². The molecule has 1 atom stereocenters. The van der Waals surface area contributed by atoms with Gasteiger partial charge in [-0.15, -0.1) is 11.3 Å². The monoisotopic (exact) mass is 284 g/mol. The van der Waals surface area contributed by atoms with Crippen LogP contribution in [0.2, 0.25) is 0 Å². The summed E-state index contributed by atoms with van der Waals surface area (Å²) in [6, 6.07) is 3.43. The minimum absolute atomic E-state index is 0.0985. The van der Waals surface area contributed by atoms with Crippen LogP contribution in [0, 0.1) is 11.6 Å². The van der Waals surface area contributed by atoms with E-state index in [0.29, 0.717) is 17.4 Å². The van der Waals surface area contributed by atoms with E-state index in [1.807, 2.05) is 6.92 Å². The average molecular weight is 284 g/mol. The number of hydrogen-bond donors (Lipinski definition) is 1. The predicted molar refractivity (Wildman–Crippen MR) is 72.4 cm³/mol. The van der Waals surface area contributed by atoms with Crippen LogP contribution >= 0.6 is 11.3 Å². The number of methoxy groups -OCH3 is 1. The highest BCUT2D eigenvalue weighted by atomic mass is 32.1. The molecule has 2 rings (SSSR count). The number of thiazole rings is 1. The SMILES string of the molecule is COC[C@@H](C)Nc1nc(-c2cc(F)ccc2F)cs1. The molecule has 0 aliphatic carbocycles. The molecule has 0 spiro atoms. The molecule has 6 heteroatoms. The first kappa shape index (κ1) is 13.9. The highest BCUT2D eigenvalue weighted by molar-refractivity contribution is 7.14. The Morgan fingerprint density at radius 2 is 2.21 bits per heavy atom. The normalized spacial score (nSPS) is 12.4. The number of anilines is 1. The Hall–Kier alpha value is -1.53. The van der Waals surface area contributed by atoms with Gasteiger partial charge in [-0.2, -0.15) is 0 Å². The lowest BCUT2D eigenvalue weighted by Crippen LogP contribution is -2.20. The van der Waals surface area contributed by atoms with Crippen molar-refractivity contribution in [3.8, 4) is 11.3 Å². The molecule has 0 fully saturated rings. The molecule has 0 saturated heterocycles. The Morgan fingerprint density at radius 1 is 1.42 bits per heavy atom. The maximum Gasteiger partial charge on any atom is 0.183 e. The van der Waals surface area contributed by atoms with Crippen molar-refractivity contribution in [2.24, 2.45) is 0 Å². The van der Waals surface area contributed by atoms with Crippen LogP contribution in [-0.2, 0) is 4.74 Å². The largest absolute Gasteiger partial charge is 0.383 e. The first-order valence-electron chi connectivity index (χ1n) is 5.76. The van der Waals surface area contributed by atoms with E-state index in [1.165, 1.54) is 11.3 Å². The second-order valence-corrected chi connectivity index (χ2v) is 5.02. The molecule has 102 valence electrons. The topological polar surface area (TPSA) is 34.1 Å². The number of aromatic nitrogens is 1. The van der Waals surface area contributed by atoms with Crippen molar-refractivity contribution < 1.29 is 13.5 Å². The molecule has 0 aliphatic heterocycles. The van der Waals surface area contributed by atoms with Gasteiger partial charge in [0.15, 0.2) is 5.13 Å². The number of rotatable bonds is 5. The third-order valence-corrected chi connectivity index (χ3v) is 3.27. The third-order valence-electron chi connectivity index (χ3n) is 2.50. The van der Waals surface area contributed by atoms with E-state index >= 15 is 0 Å². The fourth-order valence-electron chi connectivity index (χ4n) is 1.66. The van der Waals surface area contributed by atoms with E-state index in [0.717, 1.165) is 18.2 Å². The zero-order valence-corrected chi connectivity index (χ0v) is 11.4. The maximum atomic E-state index is 13.6. The van der Waals surface area contributed by atoms with Gasteiger partial charge >= 0.3 is 0 Å². The van der Waals surface area contributed by atoms with E-state index in [4.69, 9.17) is 4.74 Å². The van der Waals surface area contributed by atoms with Crippen LogP contribution in [0.15, 0.2) is 23.6 Å². The van der Waals surface area contributed by atoms with E-state index in [9.17, 15) is 8.78 Å². The summed E-state index contributed by atoms with van der Waals surface area (Å²) < 4.78 is 31.7. The second-order valence-electron chi connectivity index (χ2n) is 4.16. The Kier molecular flexibility index (Phi) is 4.44. The number of hydrogen-bond acceptors (Lipinski definition) is 4. The van der Waals surface area contributed by atoms with Gasteiger partial charge < -0.3 is 10.1 Å². The van der Waals surface area contributed by atoms with Crippen LogP contribution < -0.4 is 5.32 Å². The minimum Gasteiger partial charge on any atom is -0.383 e. The number of halogens is 2. The fourth-order valence-corrected chi connectivity index (χ4v) is 2.48. The number of benzene rings is 1. The number of nitrogens with one attached hydrogen (secondary N) is 1. The van der Waals surface area contributed by atoms with Gasteiger partial charge in [-0.05, 0) is 25.1 Å². The van der Waals surface area contributed by atoms with Crippen molar-refractivity contribution in [2.75, 3.05) is 19.0 Å². The zero-order chi connectivity index (χ0) is 13.8. The summed E-state index contributed by atoms with van der Waals surface area (Å²) >= 11 is 1.35. The van der Waals surface area contributed by atoms with Crippen LogP contribution in [0.3, 0.4) is 0 Å². The van der Waals surface area contributed by atoms with Gasteiger partial charge in [0.2, 0.25) is 0 Å². The molecule has 0 amide bonds. The van der Waals surface area contributed by atoms with Crippen molar-refractivity contribution in [3.05, 3.63) is 35.2 Å². The first-order chi connectivity index (χ1) is 9.10. The smallest absolute Gasteiger partial charge is 0.183 e. The molecular weight excluding hydrogens is 270 g/mol. The quantitative estimate of drug-likeness (QED) is 0.912. The Bertz CT molecular complexity index is 559. The predicted octanol–water partition coefficient (Wildman–Crippen LogP) is 3.54. The van der Waals surface area contributed by atoms with Crippen molar-refractivity contribution in [2.45, 2.75) is 13.0 Å². The summed E-state index contributed by atoms with van der Waals surface area (Å²) in [6.45, 7) is 2.50. The average Bonchev–Trinajstić information content (AvgIpc) is 2.81. The van der Waals surface area contributed by atoms with Crippen LogP contribution in [0.5, 0.6) is 0 Å². The highest BCUT2D eigenvalue weighted by Gasteiger charge is 2.11. The molecular formula is C13H14F2N2OS. The Labute approximate surface area is 114 Å². The molecule has 19 heavy (non-hydrogen) atoms. The summed E-state index contributed by atoms with van der Waals surface area (Å²) in [5, 5.41) is 5.48. The van der Waals surface area contributed by atoms with Crippen molar-refractivity contribution in [1.29, 1.82) is 0 Å². The molecule has 1 aromatic carbocycles. The molecule has 1 heterocycles. The van der Waals surface area contributed by atoms with Crippen molar-refractivity contribution in [1.82, 2.24) is 4.98 Å². The first-order valence-corrected chi connectivity index (χ1v) is 6.64. The van der Waals surface area contributed by atoms with Crippen molar-refractivity contribution >= 4 is 16.5 Å². The molecule has 1 N–H and O–H groups in total. The lowest BCUT2D eigenvalue weighted by molar-refractivity contribution is 0.190. The van der Waals surface area contributed by atoms with E-state index < -0.39 is 11.6 Å². The van der Waals surface area contributed by atoms with E-state index in [2.05, 4.69) is 10.3 Å². The summed E-state index contributed by atoms with van der Waals surface area (Å²) in [7, 11) is 1.62. The van der Waals surface area contributed by atoms with Crippen LogP contribution in [0.25, 0.3) is 11.3 Å². The molecule has 0 unspecified atom stereocenters. The molecule has 0 aliphatic rings. The van der Waals surface area contributed by atoms with Gasteiger partial charge in [0.1, 0.15) is 11.6 Å². The molecule has 0 bridgehead atoms. The van der Waals surface area contributed by atoms with Gasteiger partial charge in [-0.1, -0.05) is 0 Å². The summed E-state index contributed by atoms with van der Waals surface area (Å²) in [5.41, 5.74) is 0.595. The van der Waals surface area contributed by atoms with Crippen LogP contribution in [-0.4, -0.2) is 24.7 Å². The maximum absolute atomic E-state index is 13.6.